The standard InChI is InChI=1S/C28H35FN4O4S.FH/c1-5-24-22(10-15-38(36,37)17-20-6-8-21(29)9-7-20)23(27(34)31-24)16-25-18(2)26(19(3)30-25)28(35)33-13-11-32(4)12-14-33;/h5-10,16,30,36-37H,11-15,17H2,1-4H3,(H,31,34);1H/b22-10-,23-16-,24-5+;. The van der Waals surface area contributed by atoms with Crippen molar-refractivity contribution in [1.29, 1.82) is 0 Å². The van der Waals surface area contributed by atoms with Crippen molar-refractivity contribution < 1.29 is 27.8 Å². The molecule has 0 unspecified atom stereocenters. The zero-order valence-corrected chi connectivity index (χ0v) is 23.4. The van der Waals surface area contributed by atoms with E-state index in [1.54, 1.807) is 25.2 Å². The van der Waals surface area contributed by atoms with Gasteiger partial charge in [-0.25, -0.2) is 4.39 Å². The van der Waals surface area contributed by atoms with Crippen molar-refractivity contribution in [3.63, 3.8) is 0 Å². The molecule has 8 nitrogen and oxygen atoms in total. The third-order valence-corrected chi connectivity index (χ3v) is 8.49. The van der Waals surface area contributed by atoms with E-state index in [-0.39, 0.29) is 28.0 Å². The molecule has 2 aromatic rings. The number of likely N-dealkylation sites (N-methyl/N-ethyl adjacent to an activating group) is 1. The number of aryl methyl sites for hydroxylation is 1. The summed E-state index contributed by atoms with van der Waals surface area (Å²) in [5.74, 6) is -0.810. The minimum Gasteiger partial charge on any atom is -0.358 e. The molecular formula is C28H36F2N4O4S. The molecule has 4 rings (SSSR count). The van der Waals surface area contributed by atoms with Crippen LogP contribution in [0.25, 0.3) is 6.08 Å². The molecule has 4 N–H and O–H groups in total. The zero-order valence-electron chi connectivity index (χ0n) is 22.6. The molecule has 1 aromatic carbocycles. The van der Waals surface area contributed by atoms with E-state index in [9.17, 15) is 23.1 Å². The molecule has 0 atom stereocenters. The van der Waals surface area contributed by atoms with Crippen molar-refractivity contribution in [2.75, 3.05) is 39.0 Å². The van der Waals surface area contributed by atoms with E-state index in [4.69, 9.17) is 0 Å². The van der Waals surface area contributed by atoms with Crippen molar-refractivity contribution in [2.45, 2.75) is 26.5 Å². The van der Waals surface area contributed by atoms with Crippen LogP contribution in [0.15, 0.2) is 53.3 Å². The summed E-state index contributed by atoms with van der Waals surface area (Å²) in [7, 11) is -1.03. The number of hydrogen-bond acceptors (Lipinski definition) is 5. The number of aromatic amines is 1. The molecular weight excluding hydrogens is 526 g/mol. The van der Waals surface area contributed by atoms with Gasteiger partial charge in [-0.2, -0.15) is 10.6 Å². The van der Waals surface area contributed by atoms with E-state index >= 15 is 0 Å². The lowest BCUT2D eigenvalue weighted by Gasteiger charge is -2.32. The van der Waals surface area contributed by atoms with Crippen LogP contribution < -0.4 is 5.32 Å². The highest BCUT2D eigenvalue weighted by Gasteiger charge is 2.29. The van der Waals surface area contributed by atoms with Crippen LogP contribution in [0.4, 0.5) is 9.09 Å². The van der Waals surface area contributed by atoms with Gasteiger partial charge in [0.05, 0.1) is 22.6 Å². The first kappa shape index (κ1) is 30.3. The number of hydrogen-bond donors (Lipinski definition) is 4. The number of aromatic nitrogens is 1. The van der Waals surface area contributed by atoms with Gasteiger partial charge in [0.2, 0.25) is 0 Å². The number of carbonyl (C=O) groups excluding carboxylic acids is 2. The molecule has 0 radical (unpaired) electrons. The lowest BCUT2D eigenvalue weighted by atomic mass is 10.0. The van der Waals surface area contributed by atoms with Crippen molar-refractivity contribution in [3.8, 4) is 0 Å². The summed E-state index contributed by atoms with van der Waals surface area (Å²) in [4.78, 5) is 33.5. The second-order valence-corrected chi connectivity index (χ2v) is 12.1. The quantitative estimate of drug-likeness (QED) is 0.385. The van der Waals surface area contributed by atoms with Gasteiger partial charge >= 0.3 is 0 Å². The SMILES string of the molecule is C/C=C1/NC(=O)C(=C\c2[nH]c(C)c(C(=O)N3CCN(C)CC3)c2C)/C1=C/CS(O)(O)Cc1ccc(F)cc1.F. The highest BCUT2D eigenvalue weighted by molar-refractivity contribution is 8.23. The number of nitrogens with zero attached hydrogens (tertiary/aromatic N) is 2. The summed E-state index contributed by atoms with van der Waals surface area (Å²) in [6.07, 6.45) is 5.12. The van der Waals surface area contributed by atoms with E-state index < -0.39 is 16.4 Å². The molecule has 2 fully saturated rings. The molecule has 0 aliphatic carbocycles. The first-order chi connectivity index (χ1) is 18.0. The number of piperazine rings is 1. The fourth-order valence-corrected chi connectivity index (χ4v) is 6.07. The van der Waals surface area contributed by atoms with Crippen LogP contribution in [-0.4, -0.2) is 74.7 Å². The van der Waals surface area contributed by atoms with Gasteiger partial charge in [0.25, 0.3) is 11.8 Å². The summed E-state index contributed by atoms with van der Waals surface area (Å²) >= 11 is 0. The van der Waals surface area contributed by atoms with Gasteiger partial charge in [-0.05, 0) is 57.2 Å². The van der Waals surface area contributed by atoms with E-state index in [0.29, 0.717) is 46.8 Å². The lowest BCUT2D eigenvalue weighted by Crippen LogP contribution is -2.47. The number of benzene rings is 1. The average Bonchev–Trinajstić information content (AvgIpc) is 3.33. The van der Waals surface area contributed by atoms with E-state index in [2.05, 4.69) is 15.2 Å². The first-order valence-electron chi connectivity index (χ1n) is 12.5. The van der Waals surface area contributed by atoms with Crippen molar-refractivity contribution in [1.82, 2.24) is 20.1 Å². The van der Waals surface area contributed by atoms with Crippen molar-refractivity contribution in [2.24, 2.45) is 0 Å². The molecule has 0 spiro atoms. The minimum atomic E-state index is -3.07. The van der Waals surface area contributed by atoms with Gasteiger partial charge in [-0.3, -0.25) is 23.4 Å². The minimum absolute atomic E-state index is 0. The number of amides is 2. The van der Waals surface area contributed by atoms with Crippen LogP contribution in [0.1, 0.15) is 39.8 Å². The van der Waals surface area contributed by atoms with Gasteiger partial charge in [0.15, 0.2) is 0 Å². The maximum absolute atomic E-state index is 13.3. The van der Waals surface area contributed by atoms with Crippen LogP contribution in [0.5, 0.6) is 0 Å². The summed E-state index contributed by atoms with van der Waals surface area (Å²) < 4.78 is 34.6. The number of carbonyl (C=O) groups is 2. The fraction of sp³-hybridized carbons (Fsp3) is 0.357. The molecule has 2 aliphatic rings. The van der Waals surface area contributed by atoms with Crippen LogP contribution >= 0.6 is 10.6 Å². The number of halogens is 2. The Hall–Kier alpha value is -3.25. The van der Waals surface area contributed by atoms with Gasteiger partial charge < -0.3 is 20.1 Å². The highest BCUT2D eigenvalue weighted by atomic mass is 32.3. The Bertz CT molecular complexity index is 1320. The Morgan fingerprint density at radius 3 is 2.36 bits per heavy atom. The number of nitrogens with one attached hydrogen (secondary N) is 2. The van der Waals surface area contributed by atoms with Gasteiger partial charge in [-0.15, -0.1) is 0 Å². The summed E-state index contributed by atoms with van der Waals surface area (Å²) in [6.45, 7) is 8.50. The van der Waals surface area contributed by atoms with Crippen LogP contribution in [-0.2, 0) is 10.5 Å². The Kier molecular flexibility index (Phi) is 9.55. The highest BCUT2D eigenvalue weighted by Crippen LogP contribution is 2.43. The monoisotopic (exact) mass is 562 g/mol. The van der Waals surface area contributed by atoms with E-state index in [1.807, 2.05) is 25.8 Å². The Morgan fingerprint density at radius 2 is 1.74 bits per heavy atom. The van der Waals surface area contributed by atoms with Gasteiger partial charge in [0, 0.05) is 48.8 Å². The van der Waals surface area contributed by atoms with Crippen LogP contribution in [0.3, 0.4) is 0 Å². The molecule has 0 bridgehead atoms. The predicted octanol–water partition coefficient (Wildman–Crippen LogP) is 4.60. The summed E-state index contributed by atoms with van der Waals surface area (Å²) in [5, 5.41) is 2.83. The molecule has 39 heavy (non-hydrogen) atoms. The van der Waals surface area contributed by atoms with Crippen LogP contribution in [0.2, 0.25) is 0 Å². The third-order valence-electron chi connectivity index (χ3n) is 7.00. The second-order valence-electron chi connectivity index (χ2n) is 9.83. The number of rotatable bonds is 6. The van der Waals surface area contributed by atoms with E-state index in [1.165, 1.54) is 24.3 Å². The largest absolute Gasteiger partial charge is 0.358 e. The van der Waals surface area contributed by atoms with Gasteiger partial charge in [-0.1, -0.05) is 24.3 Å². The molecule has 0 saturated carbocycles. The molecule has 212 valence electrons. The maximum Gasteiger partial charge on any atom is 0.256 e. The summed E-state index contributed by atoms with van der Waals surface area (Å²) in [5.41, 5.74) is 4.91. The van der Waals surface area contributed by atoms with Gasteiger partial charge in [0.1, 0.15) is 5.82 Å². The average molecular weight is 563 g/mol. The Labute approximate surface area is 229 Å². The molecule has 2 saturated heterocycles. The molecule has 11 heteroatoms. The molecule has 2 aliphatic heterocycles. The molecule has 1 aromatic heterocycles. The maximum atomic E-state index is 13.3. The van der Waals surface area contributed by atoms with E-state index in [0.717, 1.165) is 24.3 Å². The zero-order chi connectivity index (χ0) is 27.6. The lowest BCUT2D eigenvalue weighted by molar-refractivity contribution is -0.115. The predicted molar refractivity (Wildman–Crippen MR) is 152 cm³/mol. The van der Waals surface area contributed by atoms with Crippen molar-refractivity contribution in [3.05, 3.63) is 87.2 Å². The topological polar surface area (TPSA) is 109 Å². The second kappa shape index (κ2) is 12.3. The Morgan fingerprint density at radius 1 is 1.10 bits per heavy atom. The summed E-state index contributed by atoms with van der Waals surface area (Å²) in [6, 6.07) is 5.62. The molecule has 3 heterocycles. The molecule has 2 amide bonds. The van der Waals surface area contributed by atoms with Crippen LogP contribution in [0, 0.1) is 19.7 Å². The van der Waals surface area contributed by atoms with Crippen molar-refractivity contribution >= 4 is 28.5 Å². The Balaban J connectivity index is 0.00000420. The fourth-order valence-electron chi connectivity index (χ4n) is 4.79. The smallest absolute Gasteiger partial charge is 0.256 e. The first-order valence-corrected chi connectivity index (χ1v) is 14.4. The normalized spacial score (nSPS) is 20.0. The number of allylic oxidation sites excluding steroid dienone is 2. The third kappa shape index (κ3) is 6.85. The number of H-pyrrole nitrogens is 1.